The Morgan fingerprint density at radius 2 is 2.47 bits per heavy atom. The smallest absolute Gasteiger partial charge is 0.0534 e. The lowest BCUT2D eigenvalue weighted by molar-refractivity contribution is 0.592. The minimum Gasteiger partial charge on any atom is -0.311 e. The third-order valence-corrected chi connectivity index (χ3v) is 4.51. The molecule has 1 unspecified atom stereocenters. The van der Waals surface area contributed by atoms with Gasteiger partial charge in [0.1, 0.15) is 0 Å². The maximum Gasteiger partial charge on any atom is 0.0534 e. The number of aromatic nitrogens is 2. The van der Waals surface area contributed by atoms with Gasteiger partial charge in [0.2, 0.25) is 0 Å². The zero-order valence-corrected chi connectivity index (χ0v) is 11.5. The first-order valence-electron chi connectivity index (χ1n) is 6.72. The molecule has 0 aliphatic carbocycles. The van der Waals surface area contributed by atoms with Crippen LogP contribution in [0, 0.1) is 0 Å². The monoisotopic (exact) mass is 253 g/mol. The SMILES string of the molecule is CCCn1cc(CNCC2CCCCS2)cn1. The first-order chi connectivity index (χ1) is 8.38. The second-order valence-corrected chi connectivity index (χ2v) is 6.14. The molecule has 1 saturated heterocycles. The molecule has 1 fully saturated rings. The van der Waals surface area contributed by atoms with Gasteiger partial charge in [-0.15, -0.1) is 0 Å². The minimum absolute atomic E-state index is 0.828. The van der Waals surface area contributed by atoms with Gasteiger partial charge >= 0.3 is 0 Å². The molecule has 0 amide bonds. The van der Waals surface area contributed by atoms with Gasteiger partial charge in [0.25, 0.3) is 0 Å². The van der Waals surface area contributed by atoms with Crippen LogP contribution in [-0.2, 0) is 13.1 Å². The topological polar surface area (TPSA) is 29.9 Å². The Morgan fingerprint density at radius 3 is 3.24 bits per heavy atom. The van der Waals surface area contributed by atoms with E-state index < -0.39 is 0 Å². The summed E-state index contributed by atoms with van der Waals surface area (Å²) in [4.78, 5) is 0. The van der Waals surface area contributed by atoms with E-state index >= 15 is 0 Å². The van der Waals surface area contributed by atoms with Crippen LogP contribution in [0.4, 0.5) is 0 Å². The van der Waals surface area contributed by atoms with Crippen molar-refractivity contribution in [3.63, 3.8) is 0 Å². The largest absolute Gasteiger partial charge is 0.311 e. The van der Waals surface area contributed by atoms with Gasteiger partial charge in [0.05, 0.1) is 6.20 Å². The van der Waals surface area contributed by atoms with Crippen molar-refractivity contribution in [1.29, 1.82) is 0 Å². The molecule has 1 aromatic rings. The van der Waals surface area contributed by atoms with Crippen molar-refractivity contribution in [3.05, 3.63) is 18.0 Å². The summed E-state index contributed by atoms with van der Waals surface area (Å²) in [6.07, 6.45) is 9.49. The van der Waals surface area contributed by atoms with E-state index in [9.17, 15) is 0 Å². The molecule has 4 heteroatoms. The zero-order chi connectivity index (χ0) is 11.9. The Labute approximate surface area is 108 Å². The van der Waals surface area contributed by atoms with E-state index in [0.29, 0.717) is 0 Å². The molecule has 0 saturated carbocycles. The van der Waals surface area contributed by atoms with Gasteiger partial charge in [-0.05, 0) is 25.0 Å². The van der Waals surface area contributed by atoms with E-state index in [1.807, 2.05) is 10.9 Å². The van der Waals surface area contributed by atoms with Crippen molar-refractivity contribution in [2.24, 2.45) is 0 Å². The fourth-order valence-corrected chi connectivity index (χ4v) is 3.47. The molecular weight excluding hydrogens is 230 g/mol. The van der Waals surface area contributed by atoms with Crippen molar-refractivity contribution in [1.82, 2.24) is 15.1 Å². The second kappa shape index (κ2) is 7.07. The molecule has 2 heterocycles. The Kier molecular flexibility index (Phi) is 5.39. The summed E-state index contributed by atoms with van der Waals surface area (Å²) in [7, 11) is 0. The van der Waals surface area contributed by atoms with Crippen molar-refractivity contribution >= 4 is 11.8 Å². The molecule has 17 heavy (non-hydrogen) atoms. The number of aryl methyl sites for hydroxylation is 1. The van der Waals surface area contributed by atoms with Gasteiger partial charge in [-0.3, -0.25) is 4.68 Å². The van der Waals surface area contributed by atoms with E-state index in [1.165, 1.54) is 30.6 Å². The molecule has 0 aromatic carbocycles. The van der Waals surface area contributed by atoms with Gasteiger partial charge in [0.15, 0.2) is 0 Å². The molecule has 0 radical (unpaired) electrons. The van der Waals surface area contributed by atoms with Crippen LogP contribution in [0.5, 0.6) is 0 Å². The predicted octanol–water partition coefficient (Wildman–Crippen LogP) is 2.67. The summed E-state index contributed by atoms with van der Waals surface area (Å²) < 4.78 is 2.03. The number of thioether (sulfide) groups is 1. The van der Waals surface area contributed by atoms with Gasteiger partial charge < -0.3 is 5.32 Å². The fourth-order valence-electron chi connectivity index (χ4n) is 2.19. The molecule has 2 rings (SSSR count). The molecule has 1 atom stereocenters. The normalized spacial score (nSPS) is 20.6. The van der Waals surface area contributed by atoms with Crippen LogP contribution in [0.2, 0.25) is 0 Å². The summed E-state index contributed by atoms with van der Waals surface area (Å²) in [5.41, 5.74) is 1.30. The van der Waals surface area contributed by atoms with E-state index in [-0.39, 0.29) is 0 Å². The minimum atomic E-state index is 0.828. The zero-order valence-electron chi connectivity index (χ0n) is 10.7. The number of nitrogens with zero attached hydrogens (tertiary/aromatic N) is 2. The standard InChI is InChI=1S/C13H23N3S/c1-2-6-16-11-12(9-15-16)8-14-10-13-5-3-4-7-17-13/h9,11,13-14H,2-8,10H2,1H3. The highest BCUT2D eigenvalue weighted by atomic mass is 32.2. The summed E-state index contributed by atoms with van der Waals surface area (Å²) in [5, 5.41) is 8.72. The third kappa shape index (κ3) is 4.36. The number of hydrogen-bond donors (Lipinski definition) is 1. The molecule has 1 aromatic heterocycles. The lowest BCUT2D eigenvalue weighted by Gasteiger charge is -2.21. The van der Waals surface area contributed by atoms with Crippen LogP contribution in [0.1, 0.15) is 38.2 Å². The first-order valence-corrected chi connectivity index (χ1v) is 7.77. The van der Waals surface area contributed by atoms with E-state index in [0.717, 1.165) is 31.3 Å². The maximum absolute atomic E-state index is 4.34. The number of nitrogens with one attached hydrogen (secondary N) is 1. The Balaban J connectivity index is 1.66. The third-order valence-electron chi connectivity index (χ3n) is 3.11. The summed E-state index contributed by atoms with van der Waals surface area (Å²) in [6, 6.07) is 0. The Hall–Kier alpha value is -0.480. The number of hydrogen-bond acceptors (Lipinski definition) is 3. The molecule has 0 spiro atoms. The van der Waals surface area contributed by atoms with Gasteiger partial charge in [-0.25, -0.2) is 0 Å². The average molecular weight is 253 g/mol. The second-order valence-electron chi connectivity index (χ2n) is 4.73. The van der Waals surface area contributed by atoms with Gasteiger partial charge in [0, 0.05) is 36.6 Å². The molecule has 1 aliphatic heterocycles. The molecule has 1 N–H and O–H groups in total. The maximum atomic E-state index is 4.34. The fraction of sp³-hybridized carbons (Fsp3) is 0.769. The van der Waals surface area contributed by atoms with Gasteiger partial charge in [-0.1, -0.05) is 13.3 Å². The summed E-state index contributed by atoms with van der Waals surface area (Å²) in [6.45, 7) is 5.31. The highest BCUT2D eigenvalue weighted by molar-refractivity contribution is 7.99. The highest BCUT2D eigenvalue weighted by Crippen LogP contribution is 2.24. The van der Waals surface area contributed by atoms with Crippen molar-refractivity contribution in [3.8, 4) is 0 Å². The lowest BCUT2D eigenvalue weighted by atomic mass is 10.2. The quantitative estimate of drug-likeness (QED) is 0.845. The summed E-state index contributed by atoms with van der Waals surface area (Å²) in [5.74, 6) is 1.35. The van der Waals surface area contributed by atoms with Crippen LogP contribution in [0.3, 0.4) is 0 Å². The van der Waals surface area contributed by atoms with Crippen LogP contribution in [-0.4, -0.2) is 27.3 Å². The van der Waals surface area contributed by atoms with E-state index in [1.54, 1.807) is 0 Å². The first kappa shape index (κ1) is 13.0. The molecule has 1 aliphatic rings. The number of rotatable bonds is 6. The Morgan fingerprint density at radius 1 is 1.53 bits per heavy atom. The molecular formula is C13H23N3S. The molecule has 0 bridgehead atoms. The van der Waals surface area contributed by atoms with Crippen molar-refractivity contribution < 1.29 is 0 Å². The Bertz CT molecular complexity index is 318. The van der Waals surface area contributed by atoms with Crippen molar-refractivity contribution in [2.45, 2.75) is 50.9 Å². The lowest BCUT2D eigenvalue weighted by Crippen LogP contribution is -2.26. The van der Waals surface area contributed by atoms with E-state index in [4.69, 9.17) is 0 Å². The molecule has 96 valence electrons. The van der Waals surface area contributed by atoms with Gasteiger partial charge in [-0.2, -0.15) is 16.9 Å². The van der Waals surface area contributed by atoms with Crippen molar-refractivity contribution in [2.75, 3.05) is 12.3 Å². The highest BCUT2D eigenvalue weighted by Gasteiger charge is 2.12. The van der Waals surface area contributed by atoms with Crippen LogP contribution in [0.25, 0.3) is 0 Å². The van der Waals surface area contributed by atoms with Crippen LogP contribution in [0.15, 0.2) is 12.4 Å². The molecule has 3 nitrogen and oxygen atoms in total. The van der Waals surface area contributed by atoms with Crippen LogP contribution >= 0.6 is 11.8 Å². The average Bonchev–Trinajstić information content (AvgIpc) is 2.79. The summed E-state index contributed by atoms with van der Waals surface area (Å²) >= 11 is 2.13. The van der Waals surface area contributed by atoms with E-state index in [2.05, 4.69) is 35.3 Å². The predicted molar refractivity (Wildman–Crippen MR) is 74.3 cm³/mol. The van der Waals surface area contributed by atoms with Crippen LogP contribution < -0.4 is 5.32 Å².